The maximum absolute atomic E-state index is 10.4. The Balaban J connectivity index is 1.94. The molecule has 1 saturated carbocycles. The van der Waals surface area contributed by atoms with E-state index in [-0.39, 0.29) is 5.60 Å². The van der Waals surface area contributed by atoms with Crippen LogP contribution < -0.4 is 5.32 Å². The normalized spacial score (nSPS) is 34.4. The fourth-order valence-corrected chi connectivity index (χ4v) is 2.82. The van der Waals surface area contributed by atoms with Gasteiger partial charge < -0.3 is 10.4 Å². The Labute approximate surface area is 80.7 Å². The van der Waals surface area contributed by atoms with Crippen LogP contribution in [0.5, 0.6) is 0 Å². The van der Waals surface area contributed by atoms with Crippen LogP contribution in [-0.4, -0.2) is 23.3 Å². The average Bonchev–Trinajstić information content (AvgIpc) is 2.20. The molecular formula is C11H21NO. The van der Waals surface area contributed by atoms with Gasteiger partial charge >= 0.3 is 0 Å². The Hall–Kier alpha value is -0.0800. The summed E-state index contributed by atoms with van der Waals surface area (Å²) in [5.74, 6) is 0. The molecule has 2 fully saturated rings. The van der Waals surface area contributed by atoms with Gasteiger partial charge in [-0.25, -0.2) is 0 Å². The lowest BCUT2D eigenvalue weighted by molar-refractivity contribution is -0.0373. The Morgan fingerprint density at radius 2 is 1.77 bits per heavy atom. The van der Waals surface area contributed by atoms with E-state index >= 15 is 0 Å². The summed E-state index contributed by atoms with van der Waals surface area (Å²) in [6.07, 6.45) is 9.54. The lowest BCUT2D eigenvalue weighted by atomic mass is 9.77. The molecule has 0 radical (unpaired) electrons. The van der Waals surface area contributed by atoms with Gasteiger partial charge in [-0.1, -0.05) is 25.7 Å². The molecule has 1 aliphatic carbocycles. The van der Waals surface area contributed by atoms with Crippen molar-refractivity contribution in [3.63, 3.8) is 0 Å². The van der Waals surface area contributed by atoms with Gasteiger partial charge in [0.1, 0.15) is 0 Å². The highest BCUT2D eigenvalue weighted by Gasteiger charge is 2.37. The minimum atomic E-state index is -0.362. The van der Waals surface area contributed by atoms with E-state index in [1.165, 1.54) is 38.5 Å². The number of hydrogen-bond donors (Lipinski definition) is 2. The predicted molar refractivity (Wildman–Crippen MR) is 53.7 cm³/mol. The first-order valence-corrected chi connectivity index (χ1v) is 5.77. The summed E-state index contributed by atoms with van der Waals surface area (Å²) in [6, 6.07) is 0.390. The minimum Gasteiger partial charge on any atom is -0.388 e. The molecule has 2 nitrogen and oxygen atoms in total. The van der Waals surface area contributed by atoms with Crippen LogP contribution in [0.2, 0.25) is 0 Å². The first-order valence-electron chi connectivity index (χ1n) is 5.77. The second-order valence-electron chi connectivity index (χ2n) is 4.67. The smallest absolute Gasteiger partial charge is 0.0800 e. The largest absolute Gasteiger partial charge is 0.388 e. The zero-order valence-corrected chi connectivity index (χ0v) is 8.39. The van der Waals surface area contributed by atoms with Crippen LogP contribution in [0.15, 0.2) is 0 Å². The fourth-order valence-electron chi connectivity index (χ4n) is 2.82. The molecule has 2 rings (SSSR count). The second kappa shape index (κ2) is 3.97. The number of rotatable bonds is 1. The summed E-state index contributed by atoms with van der Waals surface area (Å²) < 4.78 is 0. The van der Waals surface area contributed by atoms with Gasteiger partial charge in [-0.15, -0.1) is 0 Å². The van der Waals surface area contributed by atoms with Crippen molar-refractivity contribution in [1.82, 2.24) is 5.32 Å². The molecule has 2 aliphatic rings. The maximum atomic E-state index is 10.4. The molecule has 1 heterocycles. The van der Waals surface area contributed by atoms with Crippen LogP contribution in [0.4, 0.5) is 0 Å². The number of piperidine rings is 1. The highest BCUT2D eigenvalue weighted by molar-refractivity contribution is 4.94. The molecular weight excluding hydrogens is 162 g/mol. The summed E-state index contributed by atoms with van der Waals surface area (Å²) in [4.78, 5) is 0. The predicted octanol–water partition coefficient (Wildman–Crippen LogP) is 1.82. The van der Waals surface area contributed by atoms with Gasteiger partial charge in [-0.2, -0.15) is 0 Å². The summed E-state index contributed by atoms with van der Waals surface area (Å²) >= 11 is 0. The first kappa shape index (κ1) is 9.47. The van der Waals surface area contributed by atoms with Gasteiger partial charge in [0.2, 0.25) is 0 Å². The highest BCUT2D eigenvalue weighted by atomic mass is 16.3. The molecule has 0 bridgehead atoms. The van der Waals surface area contributed by atoms with Gasteiger partial charge in [0.15, 0.2) is 0 Å². The average molecular weight is 183 g/mol. The van der Waals surface area contributed by atoms with Gasteiger partial charge in [-0.05, 0) is 32.2 Å². The van der Waals surface area contributed by atoms with E-state index in [9.17, 15) is 5.11 Å². The molecule has 0 aromatic carbocycles. The molecule has 0 aromatic heterocycles. The van der Waals surface area contributed by atoms with Gasteiger partial charge in [0, 0.05) is 6.04 Å². The molecule has 13 heavy (non-hydrogen) atoms. The van der Waals surface area contributed by atoms with Gasteiger partial charge in [0.05, 0.1) is 5.60 Å². The number of aliphatic hydroxyl groups is 1. The monoisotopic (exact) mass is 183 g/mol. The summed E-state index contributed by atoms with van der Waals surface area (Å²) in [6.45, 7) is 1.10. The van der Waals surface area contributed by atoms with E-state index in [1.807, 2.05) is 0 Å². The summed E-state index contributed by atoms with van der Waals surface area (Å²) in [7, 11) is 0. The zero-order valence-electron chi connectivity index (χ0n) is 8.39. The zero-order chi connectivity index (χ0) is 9.15. The lowest BCUT2D eigenvalue weighted by Crippen LogP contribution is -2.53. The molecule has 0 amide bonds. The molecule has 76 valence electrons. The number of nitrogens with one attached hydrogen (secondary N) is 1. The van der Waals surface area contributed by atoms with E-state index < -0.39 is 0 Å². The van der Waals surface area contributed by atoms with Crippen molar-refractivity contribution in [1.29, 1.82) is 0 Å². The van der Waals surface area contributed by atoms with Crippen molar-refractivity contribution in [3.8, 4) is 0 Å². The van der Waals surface area contributed by atoms with Crippen molar-refractivity contribution >= 4 is 0 Å². The van der Waals surface area contributed by atoms with E-state index in [2.05, 4.69) is 5.32 Å². The molecule has 0 spiro atoms. The third-order valence-electron chi connectivity index (χ3n) is 3.68. The van der Waals surface area contributed by atoms with Crippen LogP contribution in [0.25, 0.3) is 0 Å². The molecule has 1 unspecified atom stereocenters. The first-order chi connectivity index (χ1) is 6.31. The fraction of sp³-hybridized carbons (Fsp3) is 1.00. The summed E-state index contributed by atoms with van der Waals surface area (Å²) in [5.41, 5.74) is -0.362. The maximum Gasteiger partial charge on any atom is 0.0800 e. The van der Waals surface area contributed by atoms with Crippen molar-refractivity contribution in [2.75, 3.05) is 6.54 Å². The van der Waals surface area contributed by atoms with Crippen LogP contribution in [-0.2, 0) is 0 Å². The Bertz CT molecular complexity index is 157. The Kier molecular flexibility index (Phi) is 2.89. The van der Waals surface area contributed by atoms with Crippen molar-refractivity contribution < 1.29 is 5.11 Å². The van der Waals surface area contributed by atoms with E-state index in [1.54, 1.807) is 0 Å². The lowest BCUT2D eigenvalue weighted by Gasteiger charge is -2.41. The molecule has 2 heteroatoms. The standard InChI is InChI=1S/C11H21NO/c13-11(7-3-1-4-8-11)10-6-2-5-9-12-10/h10,12-13H,1-9H2. The third-order valence-corrected chi connectivity index (χ3v) is 3.68. The van der Waals surface area contributed by atoms with Gasteiger partial charge in [0.25, 0.3) is 0 Å². The minimum absolute atomic E-state index is 0.362. The molecule has 2 N–H and O–H groups in total. The summed E-state index contributed by atoms with van der Waals surface area (Å²) in [5, 5.41) is 13.9. The molecule has 0 aromatic rings. The van der Waals surface area contributed by atoms with Crippen LogP contribution in [0, 0.1) is 0 Å². The van der Waals surface area contributed by atoms with Crippen molar-refractivity contribution in [2.24, 2.45) is 0 Å². The van der Waals surface area contributed by atoms with Crippen molar-refractivity contribution in [3.05, 3.63) is 0 Å². The van der Waals surface area contributed by atoms with Crippen LogP contribution in [0.1, 0.15) is 51.4 Å². The molecule has 1 aliphatic heterocycles. The second-order valence-corrected chi connectivity index (χ2v) is 4.67. The third kappa shape index (κ3) is 2.05. The topological polar surface area (TPSA) is 32.3 Å². The van der Waals surface area contributed by atoms with Crippen molar-refractivity contribution in [2.45, 2.75) is 63.0 Å². The van der Waals surface area contributed by atoms with E-state index in [0.717, 1.165) is 19.4 Å². The quantitative estimate of drug-likeness (QED) is 0.650. The van der Waals surface area contributed by atoms with Crippen LogP contribution in [0.3, 0.4) is 0 Å². The van der Waals surface area contributed by atoms with Gasteiger partial charge in [-0.3, -0.25) is 0 Å². The van der Waals surface area contributed by atoms with E-state index in [0.29, 0.717) is 6.04 Å². The molecule has 1 saturated heterocycles. The van der Waals surface area contributed by atoms with Crippen LogP contribution >= 0.6 is 0 Å². The van der Waals surface area contributed by atoms with E-state index in [4.69, 9.17) is 0 Å². The highest BCUT2D eigenvalue weighted by Crippen LogP contribution is 2.33. The Morgan fingerprint density at radius 1 is 1.00 bits per heavy atom. The Morgan fingerprint density at radius 3 is 2.38 bits per heavy atom. The number of hydrogen-bond acceptors (Lipinski definition) is 2. The SMILES string of the molecule is OC1(C2CCCCN2)CCCCC1. The molecule has 1 atom stereocenters.